The molecule has 2 aliphatic heterocycles. The van der Waals surface area contributed by atoms with E-state index in [1.54, 1.807) is 35.4 Å². The van der Waals surface area contributed by atoms with E-state index < -0.39 is 0 Å². The van der Waals surface area contributed by atoms with Crippen LogP contribution in [0.3, 0.4) is 0 Å². The quantitative estimate of drug-likeness (QED) is 0.336. The van der Waals surface area contributed by atoms with Gasteiger partial charge in [-0.05, 0) is 80.6 Å². The highest BCUT2D eigenvalue weighted by atomic mass is 35.5. The smallest absolute Gasteiger partial charge is 0.321 e. The zero-order valence-electron chi connectivity index (χ0n) is 22.1. The van der Waals surface area contributed by atoms with Crippen molar-refractivity contribution in [1.29, 1.82) is 0 Å². The maximum absolute atomic E-state index is 12.7. The molecule has 2 aromatic carbocycles. The third-order valence-corrected chi connectivity index (χ3v) is 7.87. The molecule has 3 heterocycles. The highest BCUT2D eigenvalue weighted by Gasteiger charge is 2.38. The number of urea groups is 1. The molecule has 3 aromatic rings. The normalized spacial score (nSPS) is 17.0. The second kappa shape index (κ2) is 10.8. The molecule has 1 aromatic heterocycles. The Hall–Kier alpha value is -4.18. The fraction of sp³-hybridized carbons (Fsp3) is 0.345. The van der Waals surface area contributed by atoms with Crippen LogP contribution in [0.2, 0.25) is 5.02 Å². The van der Waals surface area contributed by atoms with Gasteiger partial charge in [0.05, 0.1) is 6.20 Å². The zero-order valence-corrected chi connectivity index (χ0v) is 22.9. The molecule has 6 rings (SSSR count). The van der Waals surface area contributed by atoms with E-state index in [9.17, 15) is 14.4 Å². The first-order valence-electron chi connectivity index (χ1n) is 13.5. The lowest BCUT2D eigenvalue weighted by atomic mass is 10.1. The lowest BCUT2D eigenvalue weighted by molar-refractivity contribution is 0.0766. The summed E-state index contributed by atoms with van der Waals surface area (Å²) < 4.78 is 0. The van der Waals surface area contributed by atoms with Crippen LogP contribution in [0.1, 0.15) is 58.9 Å². The second-order valence-electron chi connectivity index (χ2n) is 10.5. The summed E-state index contributed by atoms with van der Waals surface area (Å²) in [7, 11) is 0. The summed E-state index contributed by atoms with van der Waals surface area (Å²) in [6.07, 6.45) is 5.20. The van der Waals surface area contributed by atoms with E-state index in [2.05, 4.69) is 25.9 Å². The number of hydrogen-bond acceptors (Lipinski definition) is 7. The molecule has 3 aliphatic rings. The van der Waals surface area contributed by atoms with Gasteiger partial charge in [0.2, 0.25) is 5.95 Å². The number of amides is 3. The number of nitrogens with one attached hydrogen (secondary N) is 3. The minimum absolute atomic E-state index is 0.0136. The Balaban J connectivity index is 1.03. The summed E-state index contributed by atoms with van der Waals surface area (Å²) in [5.41, 5.74) is 3.85. The van der Waals surface area contributed by atoms with E-state index in [0.29, 0.717) is 53.7 Å². The van der Waals surface area contributed by atoms with E-state index in [1.807, 2.05) is 23.1 Å². The molecule has 1 saturated carbocycles. The first-order chi connectivity index (χ1) is 19.3. The largest absolute Gasteiger partial charge is 0.366 e. The molecule has 206 valence electrons. The predicted octanol–water partition coefficient (Wildman–Crippen LogP) is 5.30. The van der Waals surface area contributed by atoms with Crippen molar-refractivity contribution in [3.8, 4) is 0 Å². The SMILES string of the molecule is CC(=O)c1ccc(NC(=O)N2CCC(Nc3nc(Nc4ccc5c(c4)CN(C4CC4)C5=O)ncc3Cl)CC2)cc1. The van der Waals surface area contributed by atoms with Crippen molar-refractivity contribution >= 4 is 52.5 Å². The van der Waals surface area contributed by atoms with Crippen LogP contribution in [-0.2, 0) is 6.54 Å². The molecule has 1 aliphatic carbocycles. The van der Waals surface area contributed by atoms with Gasteiger partial charge in [0.25, 0.3) is 5.91 Å². The Morgan fingerprint density at radius 1 is 1.00 bits per heavy atom. The van der Waals surface area contributed by atoms with Crippen LogP contribution in [0.15, 0.2) is 48.7 Å². The summed E-state index contributed by atoms with van der Waals surface area (Å²) in [5, 5.41) is 9.96. The Morgan fingerprint density at radius 3 is 2.42 bits per heavy atom. The van der Waals surface area contributed by atoms with Crippen molar-refractivity contribution in [1.82, 2.24) is 19.8 Å². The number of anilines is 4. The van der Waals surface area contributed by atoms with E-state index in [4.69, 9.17) is 11.6 Å². The number of fused-ring (bicyclic) bond motifs is 1. The average Bonchev–Trinajstić information content (AvgIpc) is 3.74. The first kappa shape index (κ1) is 26.1. The Morgan fingerprint density at radius 2 is 1.73 bits per heavy atom. The van der Waals surface area contributed by atoms with Gasteiger partial charge < -0.3 is 25.8 Å². The van der Waals surface area contributed by atoms with Crippen LogP contribution in [0, 0.1) is 0 Å². The Labute approximate surface area is 237 Å². The van der Waals surface area contributed by atoms with Crippen molar-refractivity contribution in [2.24, 2.45) is 0 Å². The van der Waals surface area contributed by atoms with Crippen LogP contribution in [0.4, 0.5) is 27.9 Å². The highest BCUT2D eigenvalue weighted by molar-refractivity contribution is 6.32. The number of carbonyl (C=O) groups is 3. The molecule has 1 saturated heterocycles. The van der Waals surface area contributed by atoms with Gasteiger partial charge in [-0.15, -0.1) is 0 Å². The predicted molar refractivity (Wildman–Crippen MR) is 153 cm³/mol. The van der Waals surface area contributed by atoms with Crippen LogP contribution in [-0.4, -0.2) is 62.7 Å². The van der Waals surface area contributed by atoms with E-state index in [0.717, 1.165) is 42.5 Å². The monoisotopic (exact) mass is 559 g/mol. The summed E-state index contributed by atoms with van der Waals surface area (Å²) >= 11 is 6.41. The second-order valence-corrected chi connectivity index (χ2v) is 10.9. The third kappa shape index (κ3) is 5.58. The molecule has 40 heavy (non-hydrogen) atoms. The number of ketones is 1. The lowest BCUT2D eigenvalue weighted by Crippen LogP contribution is -2.44. The van der Waals surface area contributed by atoms with Gasteiger partial charge in [-0.1, -0.05) is 11.6 Å². The van der Waals surface area contributed by atoms with Crippen molar-refractivity contribution < 1.29 is 14.4 Å². The molecule has 0 bridgehead atoms. The van der Waals surface area contributed by atoms with Crippen LogP contribution >= 0.6 is 11.6 Å². The van der Waals surface area contributed by atoms with Crippen molar-refractivity contribution in [3.63, 3.8) is 0 Å². The molecule has 3 N–H and O–H groups in total. The minimum Gasteiger partial charge on any atom is -0.366 e. The van der Waals surface area contributed by atoms with E-state index in [-0.39, 0.29) is 23.8 Å². The standard InChI is InChI=1S/C29H30ClN7O3/c1-17(38)18-2-4-20(5-3-18)34-29(40)36-12-10-21(11-13-36)32-26-25(30)15-31-28(35-26)33-22-6-9-24-19(14-22)16-37(27(24)39)23-7-8-23/h2-6,9,14-15,21,23H,7-8,10-13,16H2,1H3,(H,34,40)(H2,31,32,33,35). The number of hydrogen-bond donors (Lipinski definition) is 3. The van der Waals surface area contributed by atoms with E-state index >= 15 is 0 Å². The number of piperidine rings is 1. The number of nitrogens with zero attached hydrogens (tertiary/aromatic N) is 4. The summed E-state index contributed by atoms with van der Waals surface area (Å²) in [6, 6.07) is 12.9. The lowest BCUT2D eigenvalue weighted by Gasteiger charge is -2.32. The maximum atomic E-state index is 12.7. The van der Waals surface area contributed by atoms with Gasteiger partial charge in [-0.25, -0.2) is 9.78 Å². The van der Waals surface area contributed by atoms with Crippen LogP contribution in [0.25, 0.3) is 0 Å². The van der Waals surface area contributed by atoms with Gasteiger partial charge in [-0.2, -0.15) is 4.98 Å². The molecule has 0 radical (unpaired) electrons. The van der Waals surface area contributed by atoms with E-state index in [1.165, 1.54) is 6.92 Å². The van der Waals surface area contributed by atoms with Gasteiger partial charge in [-0.3, -0.25) is 9.59 Å². The first-order valence-corrected chi connectivity index (χ1v) is 13.9. The highest BCUT2D eigenvalue weighted by Crippen LogP contribution is 2.36. The zero-order chi connectivity index (χ0) is 27.8. The Kier molecular flexibility index (Phi) is 7.02. The molecule has 0 unspecified atom stereocenters. The number of Topliss-reactive ketones (excluding diaryl/α,β-unsaturated/α-hetero) is 1. The van der Waals surface area contributed by atoms with Crippen LogP contribution < -0.4 is 16.0 Å². The molecular weight excluding hydrogens is 530 g/mol. The number of benzene rings is 2. The third-order valence-electron chi connectivity index (χ3n) is 7.59. The number of aromatic nitrogens is 2. The molecular formula is C29H30ClN7O3. The topological polar surface area (TPSA) is 120 Å². The summed E-state index contributed by atoms with van der Waals surface area (Å²) in [5.74, 6) is 1.04. The minimum atomic E-state index is -0.170. The number of likely N-dealkylation sites (tertiary alicyclic amines) is 1. The van der Waals surface area contributed by atoms with Crippen molar-refractivity contribution in [2.45, 2.75) is 51.2 Å². The number of carbonyl (C=O) groups excluding carboxylic acids is 3. The Bertz CT molecular complexity index is 1470. The fourth-order valence-corrected chi connectivity index (χ4v) is 5.32. The molecule has 0 atom stereocenters. The molecule has 3 amide bonds. The van der Waals surface area contributed by atoms with Crippen LogP contribution in [0.5, 0.6) is 0 Å². The van der Waals surface area contributed by atoms with Gasteiger partial charge >= 0.3 is 6.03 Å². The van der Waals surface area contributed by atoms with Gasteiger partial charge in [0, 0.05) is 54.2 Å². The van der Waals surface area contributed by atoms with Crippen molar-refractivity contribution in [3.05, 3.63) is 70.4 Å². The molecule has 2 fully saturated rings. The van der Waals surface area contributed by atoms with Crippen molar-refractivity contribution in [2.75, 3.05) is 29.0 Å². The summed E-state index contributed by atoms with van der Waals surface area (Å²) in [4.78, 5) is 49.4. The summed E-state index contributed by atoms with van der Waals surface area (Å²) in [6.45, 7) is 3.31. The van der Waals surface area contributed by atoms with Gasteiger partial charge in [0.15, 0.2) is 11.6 Å². The maximum Gasteiger partial charge on any atom is 0.321 e. The molecule has 11 heteroatoms. The van der Waals surface area contributed by atoms with Gasteiger partial charge in [0.1, 0.15) is 5.02 Å². The average molecular weight is 560 g/mol. The number of rotatable bonds is 7. The number of halogens is 1. The molecule has 0 spiro atoms. The molecule has 10 nitrogen and oxygen atoms in total. The fourth-order valence-electron chi connectivity index (χ4n) is 5.17.